The van der Waals surface area contributed by atoms with Gasteiger partial charge in [-0.15, -0.1) is 0 Å². The van der Waals surface area contributed by atoms with Gasteiger partial charge in [-0.25, -0.2) is 4.98 Å². The third-order valence-electron chi connectivity index (χ3n) is 6.72. The number of hydrogen-bond acceptors (Lipinski definition) is 6. The molecule has 1 atom stereocenters. The Labute approximate surface area is 219 Å². The molecule has 5 N–H and O–H groups in total. The van der Waals surface area contributed by atoms with Crippen molar-refractivity contribution in [3.8, 4) is 22.5 Å². The number of imidazole rings is 1. The second-order valence-corrected chi connectivity index (χ2v) is 9.34. The quantitative estimate of drug-likeness (QED) is 0.219. The lowest BCUT2D eigenvalue weighted by Gasteiger charge is -2.19. The number of anilines is 1. The Morgan fingerprint density at radius 1 is 0.974 bits per heavy atom. The van der Waals surface area contributed by atoms with E-state index in [2.05, 4.69) is 43.8 Å². The summed E-state index contributed by atoms with van der Waals surface area (Å²) in [5, 5.41) is 16.8. The first kappa shape index (κ1) is 23.7. The molecule has 1 aliphatic rings. The topological polar surface area (TPSA) is 118 Å². The number of pyridine rings is 1. The van der Waals surface area contributed by atoms with Crippen molar-refractivity contribution in [2.24, 2.45) is 4.99 Å². The van der Waals surface area contributed by atoms with Crippen LogP contribution in [0.3, 0.4) is 0 Å². The third-order valence-corrected chi connectivity index (χ3v) is 6.72. The van der Waals surface area contributed by atoms with Crippen LogP contribution in [0.2, 0.25) is 0 Å². The maximum absolute atomic E-state index is 13.1. The van der Waals surface area contributed by atoms with E-state index in [1.165, 1.54) is 0 Å². The first-order valence-electron chi connectivity index (χ1n) is 12.7. The number of aliphatic hydroxyl groups excluding tert-OH is 1. The molecular formula is C30H28N6O2. The van der Waals surface area contributed by atoms with Crippen molar-refractivity contribution in [1.82, 2.24) is 20.3 Å². The van der Waals surface area contributed by atoms with Crippen LogP contribution in [-0.4, -0.2) is 51.6 Å². The summed E-state index contributed by atoms with van der Waals surface area (Å²) in [7, 11) is 0. The minimum Gasteiger partial charge on any atom is -0.394 e. The highest BCUT2D eigenvalue weighted by atomic mass is 16.3. The summed E-state index contributed by atoms with van der Waals surface area (Å²) in [5.74, 6) is 1.31. The van der Waals surface area contributed by atoms with Crippen molar-refractivity contribution in [1.29, 1.82) is 0 Å². The summed E-state index contributed by atoms with van der Waals surface area (Å²) < 4.78 is 0. The molecule has 3 heterocycles. The van der Waals surface area contributed by atoms with Crippen molar-refractivity contribution in [2.45, 2.75) is 12.5 Å². The van der Waals surface area contributed by atoms with Crippen LogP contribution < -0.4 is 16.2 Å². The molecule has 1 aliphatic heterocycles. The van der Waals surface area contributed by atoms with Crippen LogP contribution in [0, 0.1) is 0 Å². The summed E-state index contributed by atoms with van der Waals surface area (Å²) >= 11 is 0. The first-order valence-corrected chi connectivity index (χ1v) is 12.7. The molecule has 38 heavy (non-hydrogen) atoms. The number of rotatable bonds is 8. The number of aliphatic imine (C=N–C) groups is 1. The standard InChI is InChI=1S/C30H28N6O2/c37-18-22(15-19-7-3-1-4-8-19)34-24-11-12-33-30(38)26(24)29-35-25-17-21(28-31-13-14-32-28)16-23(27(25)36-29)20-9-5-2-6-10-20/h1-12,16-17,22,37H,13-15,18H2,(H,31,32)(H,35,36)(H2,33,34,38). The molecule has 0 spiro atoms. The number of H-pyrrole nitrogens is 2. The molecule has 2 aromatic heterocycles. The molecular weight excluding hydrogens is 476 g/mol. The molecule has 0 amide bonds. The Bertz CT molecular complexity index is 1660. The van der Waals surface area contributed by atoms with Crippen LogP contribution in [0.15, 0.2) is 94.8 Å². The zero-order valence-corrected chi connectivity index (χ0v) is 20.7. The second kappa shape index (κ2) is 10.4. The fourth-order valence-corrected chi connectivity index (χ4v) is 4.92. The minimum atomic E-state index is -0.278. The number of aromatic nitrogens is 3. The number of hydrogen-bond donors (Lipinski definition) is 5. The van der Waals surface area contributed by atoms with Crippen molar-refractivity contribution in [2.75, 3.05) is 25.0 Å². The monoisotopic (exact) mass is 504 g/mol. The van der Waals surface area contributed by atoms with E-state index < -0.39 is 0 Å². The van der Waals surface area contributed by atoms with Crippen LogP contribution in [0.5, 0.6) is 0 Å². The van der Waals surface area contributed by atoms with Gasteiger partial charge in [0.25, 0.3) is 5.56 Å². The predicted molar refractivity (Wildman–Crippen MR) is 152 cm³/mol. The molecule has 1 unspecified atom stereocenters. The highest BCUT2D eigenvalue weighted by Crippen LogP contribution is 2.32. The van der Waals surface area contributed by atoms with E-state index in [9.17, 15) is 9.90 Å². The van der Waals surface area contributed by atoms with Gasteiger partial charge in [0.05, 0.1) is 35.9 Å². The van der Waals surface area contributed by atoms with Gasteiger partial charge in [0, 0.05) is 23.9 Å². The Morgan fingerprint density at radius 2 is 1.76 bits per heavy atom. The molecule has 8 heteroatoms. The van der Waals surface area contributed by atoms with Crippen molar-refractivity contribution in [3.05, 3.63) is 107 Å². The second-order valence-electron chi connectivity index (χ2n) is 9.34. The number of nitrogens with zero attached hydrogens (tertiary/aromatic N) is 2. The van der Waals surface area contributed by atoms with Gasteiger partial charge >= 0.3 is 0 Å². The van der Waals surface area contributed by atoms with Crippen molar-refractivity contribution in [3.63, 3.8) is 0 Å². The van der Waals surface area contributed by atoms with Gasteiger partial charge in [-0.3, -0.25) is 9.79 Å². The molecule has 0 fully saturated rings. The average Bonchev–Trinajstić information content (AvgIpc) is 3.64. The molecule has 0 bridgehead atoms. The molecule has 190 valence electrons. The Morgan fingerprint density at radius 3 is 2.50 bits per heavy atom. The summed E-state index contributed by atoms with van der Waals surface area (Å²) in [6, 6.07) is 25.7. The van der Waals surface area contributed by atoms with Crippen LogP contribution in [-0.2, 0) is 6.42 Å². The van der Waals surface area contributed by atoms with E-state index in [0.29, 0.717) is 23.5 Å². The van der Waals surface area contributed by atoms with Gasteiger partial charge in [-0.05, 0) is 35.7 Å². The van der Waals surface area contributed by atoms with Crippen LogP contribution in [0.25, 0.3) is 33.5 Å². The molecule has 0 saturated carbocycles. The smallest absolute Gasteiger partial charge is 0.261 e. The van der Waals surface area contributed by atoms with Crippen molar-refractivity contribution >= 4 is 22.6 Å². The van der Waals surface area contributed by atoms with E-state index in [1.807, 2.05) is 54.6 Å². The molecule has 8 nitrogen and oxygen atoms in total. The number of benzene rings is 3. The molecule has 0 saturated heterocycles. The van der Waals surface area contributed by atoms with E-state index in [1.54, 1.807) is 12.3 Å². The zero-order valence-electron chi connectivity index (χ0n) is 20.7. The summed E-state index contributed by atoms with van der Waals surface area (Å²) in [6.45, 7) is 1.47. The van der Waals surface area contributed by atoms with Gasteiger partial charge in [0.2, 0.25) is 0 Å². The zero-order chi connectivity index (χ0) is 25.9. The Hall–Kier alpha value is -4.69. The van der Waals surface area contributed by atoms with Gasteiger partial charge in [0.15, 0.2) is 0 Å². The fourth-order valence-electron chi connectivity index (χ4n) is 4.92. The number of aliphatic hydroxyl groups is 1. The lowest BCUT2D eigenvalue weighted by atomic mass is 10.0. The van der Waals surface area contributed by atoms with E-state index in [0.717, 1.165) is 52.2 Å². The molecule has 6 rings (SSSR count). The normalized spacial score (nSPS) is 13.8. The molecule has 5 aromatic rings. The number of amidine groups is 1. The highest BCUT2D eigenvalue weighted by Gasteiger charge is 2.20. The first-order chi connectivity index (χ1) is 18.7. The summed E-state index contributed by atoms with van der Waals surface area (Å²) in [5.41, 5.74) is 6.35. The minimum absolute atomic E-state index is 0.0854. The molecule has 3 aromatic carbocycles. The largest absolute Gasteiger partial charge is 0.394 e. The van der Waals surface area contributed by atoms with Crippen LogP contribution >= 0.6 is 0 Å². The lowest BCUT2D eigenvalue weighted by Crippen LogP contribution is -2.28. The van der Waals surface area contributed by atoms with E-state index in [-0.39, 0.29) is 18.2 Å². The number of fused-ring (bicyclic) bond motifs is 1. The maximum Gasteiger partial charge on any atom is 0.261 e. The number of aromatic amines is 2. The summed E-state index contributed by atoms with van der Waals surface area (Å²) in [4.78, 5) is 28.8. The van der Waals surface area contributed by atoms with Gasteiger partial charge in [-0.2, -0.15) is 0 Å². The Kier molecular flexibility index (Phi) is 6.46. The fraction of sp³-hybridized carbons (Fsp3) is 0.167. The van der Waals surface area contributed by atoms with E-state index in [4.69, 9.17) is 4.98 Å². The lowest BCUT2D eigenvalue weighted by molar-refractivity contribution is 0.274. The van der Waals surface area contributed by atoms with Crippen LogP contribution in [0.1, 0.15) is 11.1 Å². The van der Waals surface area contributed by atoms with E-state index >= 15 is 0 Å². The maximum atomic E-state index is 13.1. The highest BCUT2D eigenvalue weighted by molar-refractivity contribution is 6.06. The third kappa shape index (κ3) is 4.69. The van der Waals surface area contributed by atoms with Gasteiger partial charge in [-0.1, -0.05) is 60.7 Å². The van der Waals surface area contributed by atoms with Crippen molar-refractivity contribution < 1.29 is 5.11 Å². The Balaban J connectivity index is 1.44. The molecule has 0 aliphatic carbocycles. The number of nitrogens with one attached hydrogen (secondary N) is 4. The van der Waals surface area contributed by atoms with Crippen LogP contribution in [0.4, 0.5) is 5.69 Å². The average molecular weight is 505 g/mol. The predicted octanol–water partition coefficient (Wildman–Crippen LogP) is 3.95. The molecule has 0 radical (unpaired) electrons. The summed E-state index contributed by atoms with van der Waals surface area (Å²) in [6.07, 6.45) is 2.21. The van der Waals surface area contributed by atoms with Gasteiger partial charge < -0.3 is 25.7 Å². The SMILES string of the molecule is O=c1[nH]ccc(NC(CO)Cc2ccccc2)c1-c1nc2c(-c3ccccc3)cc(C3=NCCN3)cc2[nH]1. The van der Waals surface area contributed by atoms with Gasteiger partial charge in [0.1, 0.15) is 17.2 Å².